The zero-order chi connectivity index (χ0) is 16.0. The van der Waals surface area contributed by atoms with E-state index < -0.39 is 5.41 Å². The zero-order valence-electron chi connectivity index (χ0n) is 13.4. The largest absolute Gasteiger partial charge is 0.496 e. The van der Waals surface area contributed by atoms with Gasteiger partial charge in [0, 0.05) is 5.56 Å². The van der Waals surface area contributed by atoms with Gasteiger partial charge in [-0.3, -0.25) is 0 Å². The number of hydrogen-bond acceptors (Lipinski definition) is 3. The number of para-hydroxylation sites is 1. The summed E-state index contributed by atoms with van der Waals surface area (Å²) in [6.45, 7) is 0.820. The van der Waals surface area contributed by atoms with Crippen LogP contribution in [0.5, 0.6) is 5.75 Å². The summed E-state index contributed by atoms with van der Waals surface area (Å²) in [7, 11) is 5.70. The molecule has 0 N–H and O–H groups in total. The minimum atomic E-state index is -0.710. The molecule has 0 aliphatic heterocycles. The van der Waals surface area contributed by atoms with Crippen LogP contribution in [0.1, 0.15) is 17.5 Å². The van der Waals surface area contributed by atoms with E-state index in [-0.39, 0.29) is 0 Å². The second-order valence-electron chi connectivity index (χ2n) is 5.64. The van der Waals surface area contributed by atoms with Crippen molar-refractivity contribution in [1.82, 2.24) is 4.90 Å². The highest BCUT2D eigenvalue weighted by atomic mass is 16.5. The molecule has 0 aromatic heterocycles. The number of nitriles is 1. The summed E-state index contributed by atoms with van der Waals surface area (Å²) in [6, 6.07) is 20.3. The smallest absolute Gasteiger partial charge is 0.124 e. The Morgan fingerprint density at radius 3 is 2.27 bits per heavy atom. The topological polar surface area (TPSA) is 36.3 Å². The van der Waals surface area contributed by atoms with Gasteiger partial charge in [0.25, 0.3) is 0 Å². The van der Waals surface area contributed by atoms with Crippen LogP contribution in [0.4, 0.5) is 0 Å². The third kappa shape index (κ3) is 3.13. The van der Waals surface area contributed by atoms with Crippen molar-refractivity contribution >= 4 is 0 Å². The lowest BCUT2D eigenvalue weighted by atomic mass is 9.72. The third-order valence-electron chi connectivity index (χ3n) is 3.96. The first-order valence-corrected chi connectivity index (χ1v) is 7.39. The summed E-state index contributed by atoms with van der Waals surface area (Å²) < 4.78 is 5.52. The van der Waals surface area contributed by atoms with Crippen LogP contribution in [0, 0.1) is 11.3 Å². The number of benzene rings is 2. The molecule has 3 heteroatoms. The van der Waals surface area contributed by atoms with Gasteiger partial charge in [0.15, 0.2) is 0 Å². The van der Waals surface area contributed by atoms with Gasteiger partial charge in [0.05, 0.1) is 13.2 Å². The van der Waals surface area contributed by atoms with Gasteiger partial charge in [0.1, 0.15) is 11.2 Å². The van der Waals surface area contributed by atoms with Crippen LogP contribution in [-0.4, -0.2) is 32.6 Å². The number of rotatable bonds is 6. The molecule has 0 radical (unpaired) electrons. The molecule has 0 aliphatic rings. The second kappa shape index (κ2) is 7.11. The lowest BCUT2D eigenvalue weighted by molar-refractivity contribution is 0.360. The fourth-order valence-electron chi connectivity index (χ4n) is 2.73. The molecule has 2 aromatic carbocycles. The number of nitrogens with zero attached hydrogens (tertiary/aromatic N) is 2. The molecule has 0 amide bonds. The van der Waals surface area contributed by atoms with Gasteiger partial charge in [-0.25, -0.2) is 0 Å². The molecule has 0 heterocycles. The van der Waals surface area contributed by atoms with Gasteiger partial charge in [-0.15, -0.1) is 0 Å². The molecule has 1 unspecified atom stereocenters. The maximum atomic E-state index is 10.1. The minimum absolute atomic E-state index is 0.709. The van der Waals surface area contributed by atoms with Crippen LogP contribution in [-0.2, 0) is 5.41 Å². The summed E-state index contributed by atoms with van der Waals surface area (Å²) in [5.74, 6) is 0.756. The molecule has 0 spiro atoms. The SMILES string of the molecule is COc1ccccc1C(C#N)(CCN(C)C)c1ccccc1. The Kier molecular flexibility index (Phi) is 5.19. The highest BCUT2D eigenvalue weighted by Crippen LogP contribution is 2.40. The molecular weight excluding hydrogens is 272 g/mol. The molecular formula is C19H22N2O. The maximum Gasteiger partial charge on any atom is 0.124 e. The number of methoxy groups -OCH3 is 1. The molecule has 114 valence electrons. The molecule has 0 fully saturated rings. The van der Waals surface area contributed by atoms with Crippen molar-refractivity contribution in [3.63, 3.8) is 0 Å². The average molecular weight is 294 g/mol. The Bertz CT molecular complexity index is 646. The molecule has 2 rings (SSSR count). The zero-order valence-corrected chi connectivity index (χ0v) is 13.4. The predicted molar refractivity (Wildman–Crippen MR) is 89.0 cm³/mol. The van der Waals surface area contributed by atoms with Gasteiger partial charge >= 0.3 is 0 Å². The van der Waals surface area contributed by atoms with E-state index in [4.69, 9.17) is 4.74 Å². The fraction of sp³-hybridized carbons (Fsp3) is 0.316. The van der Waals surface area contributed by atoms with Crippen molar-refractivity contribution in [2.45, 2.75) is 11.8 Å². The highest BCUT2D eigenvalue weighted by Gasteiger charge is 2.36. The van der Waals surface area contributed by atoms with E-state index in [9.17, 15) is 5.26 Å². The van der Waals surface area contributed by atoms with Gasteiger partial charge in [-0.2, -0.15) is 5.26 Å². The first kappa shape index (κ1) is 16.1. The molecule has 0 bridgehead atoms. The third-order valence-corrected chi connectivity index (χ3v) is 3.96. The molecule has 3 nitrogen and oxygen atoms in total. The van der Waals surface area contributed by atoms with E-state index in [1.54, 1.807) is 7.11 Å². The summed E-state index contributed by atoms with van der Waals surface area (Å²) in [5, 5.41) is 10.1. The molecule has 22 heavy (non-hydrogen) atoms. The number of hydrogen-bond donors (Lipinski definition) is 0. The summed E-state index contributed by atoms with van der Waals surface area (Å²) in [6.07, 6.45) is 0.709. The van der Waals surface area contributed by atoms with Gasteiger partial charge in [0.2, 0.25) is 0 Å². The summed E-state index contributed by atoms with van der Waals surface area (Å²) in [4.78, 5) is 2.10. The van der Waals surface area contributed by atoms with Gasteiger partial charge in [-0.1, -0.05) is 48.5 Å². The quantitative estimate of drug-likeness (QED) is 0.818. The number of ether oxygens (including phenoxy) is 1. The van der Waals surface area contributed by atoms with E-state index in [0.717, 1.165) is 23.4 Å². The van der Waals surface area contributed by atoms with Crippen LogP contribution >= 0.6 is 0 Å². The predicted octanol–water partition coefficient (Wildman–Crippen LogP) is 3.46. The highest BCUT2D eigenvalue weighted by molar-refractivity contribution is 5.52. The Hall–Kier alpha value is -2.31. The molecule has 0 aliphatic carbocycles. The van der Waals surface area contributed by atoms with E-state index in [1.165, 1.54) is 0 Å². The van der Waals surface area contributed by atoms with Gasteiger partial charge in [-0.05, 0) is 38.7 Å². The van der Waals surface area contributed by atoms with E-state index >= 15 is 0 Å². The van der Waals surface area contributed by atoms with E-state index in [0.29, 0.717) is 6.42 Å². The van der Waals surface area contributed by atoms with Crippen molar-refractivity contribution in [2.24, 2.45) is 0 Å². The van der Waals surface area contributed by atoms with Crippen molar-refractivity contribution in [2.75, 3.05) is 27.7 Å². The second-order valence-corrected chi connectivity index (χ2v) is 5.64. The van der Waals surface area contributed by atoms with Crippen molar-refractivity contribution in [3.8, 4) is 11.8 Å². The summed E-state index contributed by atoms with van der Waals surface area (Å²) in [5.41, 5.74) is 1.22. The van der Waals surface area contributed by atoms with Crippen molar-refractivity contribution < 1.29 is 4.74 Å². The standard InChI is InChI=1S/C19H22N2O/c1-21(2)14-13-19(15-20,16-9-5-4-6-10-16)17-11-7-8-12-18(17)22-3/h4-12H,13-14H2,1-3H3. The van der Waals surface area contributed by atoms with E-state index in [1.807, 2.05) is 68.7 Å². The lowest BCUT2D eigenvalue weighted by Crippen LogP contribution is -2.31. The van der Waals surface area contributed by atoms with Crippen LogP contribution in [0.2, 0.25) is 0 Å². The van der Waals surface area contributed by atoms with Crippen LogP contribution in [0.3, 0.4) is 0 Å². The molecule has 1 atom stereocenters. The maximum absolute atomic E-state index is 10.1. The Morgan fingerprint density at radius 2 is 1.68 bits per heavy atom. The Labute approximate surface area is 132 Å². The van der Waals surface area contributed by atoms with Crippen LogP contribution < -0.4 is 4.74 Å². The molecule has 0 saturated heterocycles. The fourth-order valence-corrected chi connectivity index (χ4v) is 2.73. The lowest BCUT2D eigenvalue weighted by Gasteiger charge is -2.30. The van der Waals surface area contributed by atoms with Crippen LogP contribution in [0.25, 0.3) is 0 Å². The first-order valence-electron chi connectivity index (χ1n) is 7.39. The first-order chi connectivity index (χ1) is 10.6. The normalized spacial score (nSPS) is 13.4. The molecule has 2 aromatic rings. The Morgan fingerprint density at radius 1 is 1.05 bits per heavy atom. The monoisotopic (exact) mass is 294 g/mol. The van der Waals surface area contributed by atoms with Gasteiger partial charge < -0.3 is 9.64 Å². The summed E-state index contributed by atoms with van der Waals surface area (Å²) >= 11 is 0. The van der Waals surface area contributed by atoms with E-state index in [2.05, 4.69) is 11.0 Å². The average Bonchev–Trinajstić information content (AvgIpc) is 2.57. The Balaban J connectivity index is 2.61. The van der Waals surface area contributed by atoms with Crippen molar-refractivity contribution in [1.29, 1.82) is 5.26 Å². The van der Waals surface area contributed by atoms with Crippen molar-refractivity contribution in [3.05, 3.63) is 65.7 Å². The molecule has 0 saturated carbocycles. The minimum Gasteiger partial charge on any atom is -0.496 e. The van der Waals surface area contributed by atoms with Crippen LogP contribution in [0.15, 0.2) is 54.6 Å².